The zero-order chi connectivity index (χ0) is 37.7. The van der Waals surface area contributed by atoms with E-state index in [2.05, 4.69) is 98.7 Å². The van der Waals surface area contributed by atoms with E-state index in [0.717, 1.165) is 40.4 Å². The van der Waals surface area contributed by atoms with Crippen LogP contribution in [-0.4, -0.2) is 25.2 Å². The third-order valence-electron chi connectivity index (χ3n) is 9.96. The van der Waals surface area contributed by atoms with Crippen LogP contribution >= 0.6 is 7.92 Å². The number of hydrogen-bond acceptors (Lipinski definition) is 3. The van der Waals surface area contributed by atoms with Crippen molar-refractivity contribution >= 4 is 18.9 Å². The fraction of sp³-hybridized carbons (Fsp3) is 0.354. The predicted molar refractivity (Wildman–Crippen MR) is 231 cm³/mol. The van der Waals surface area contributed by atoms with Crippen LogP contribution in [0.3, 0.4) is 0 Å². The van der Waals surface area contributed by atoms with E-state index in [0.29, 0.717) is 23.4 Å². The van der Waals surface area contributed by atoms with Crippen molar-refractivity contribution in [1.29, 1.82) is 0 Å². The number of hydrogen-bond donors (Lipinski definition) is 0. The third-order valence-corrected chi connectivity index (χ3v) is 13.6. The van der Waals surface area contributed by atoms with Crippen molar-refractivity contribution in [3.8, 4) is 39.5 Å². The van der Waals surface area contributed by atoms with Crippen molar-refractivity contribution in [3.63, 3.8) is 0 Å². The van der Waals surface area contributed by atoms with Gasteiger partial charge in [-0.15, -0.1) is 41.5 Å². The topological polar surface area (TPSA) is 51.5 Å². The Morgan fingerprint density at radius 3 is 1.80 bits per heavy atom. The standard InChI is InChI=1S/C35H47O3P.C12H9N.CH3.Pd/c1-21(2)24-18-26(22(3)4)28(27(19-24)23(5)6)20-32-38-31-17-12-14-25(34(31)39(32)35(7,8)9)33-29(36-10)15-13-16-30(33)37-11;13-12-9-5-4-8-11(12)10-6-2-1-3-7-10;;/h12-19,21-23,32H,20H2,1-11H3;1-6,8-9,13H;1H3;/q;-2;-1;/p+1/t32-,39?;;;/m0.../s1. The summed E-state index contributed by atoms with van der Waals surface area (Å²) in [7, 11) is 2.28. The molecule has 0 spiro atoms. The largest absolute Gasteiger partial charge is 0.706 e. The molecular formula is C48H60NO3PPd-2. The number of benzene rings is 5. The SMILES string of the molecule is COc1cccc(OC)c1-c1cccc2c1[PH+](C(C)(C)C)[C@@H](Cc1c(C(C)C)cc(C(C)C)cc1C(C)C)O2.[CH3-].[NH-]c1ccccc1-c1[c-]cccc1.[Pd]. The van der Waals surface area contributed by atoms with Crippen LogP contribution in [0.2, 0.25) is 0 Å². The summed E-state index contributed by atoms with van der Waals surface area (Å²) in [6, 6.07) is 35.8. The van der Waals surface area contributed by atoms with Gasteiger partial charge in [0.05, 0.1) is 32.9 Å². The van der Waals surface area contributed by atoms with E-state index in [1.165, 1.54) is 33.1 Å². The number of fused-ring (bicyclic) bond motifs is 1. The van der Waals surface area contributed by atoms with Gasteiger partial charge in [0.25, 0.3) is 0 Å². The monoisotopic (exact) mass is 835 g/mol. The van der Waals surface area contributed by atoms with Gasteiger partial charge in [-0.25, -0.2) is 0 Å². The van der Waals surface area contributed by atoms with E-state index >= 15 is 0 Å². The molecule has 0 bridgehead atoms. The molecular weight excluding hydrogens is 776 g/mol. The number of methoxy groups -OCH3 is 2. The molecule has 0 amide bonds. The minimum atomic E-state index is -1.19. The minimum Gasteiger partial charge on any atom is -0.706 e. The summed E-state index contributed by atoms with van der Waals surface area (Å²) in [4.78, 5) is 0. The van der Waals surface area contributed by atoms with Gasteiger partial charge in [0.15, 0.2) is 5.75 Å². The molecule has 4 nitrogen and oxygen atoms in total. The third kappa shape index (κ3) is 9.79. The van der Waals surface area contributed by atoms with Gasteiger partial charge in [0.1, 0.15) is 16.8 Å². The van der Waals surface area contributed by atoms with Gasteiger partial charge in [-0.1, -0.05) is 90.1 Å². The smallest absolute Gasteiger partial charge is 0.213 e. The molecule has 0 saturated carbocycles. The molecule has 6 rings (SSSR count). The molecule has 2 atom stereocenters. The van der Waals surface area contributed by atoms with E-state index in [4.69, 9.17) is 19.9 Å². The second-order valence-electron chi connectivity index (χ2n) is 15.7. The molecule has 292 valence electrons. The maximum absolute atomic E-state index is 7.69. The average Bonchev–Trinajstić information content (AvgIpc) is 3.51. The summed E-state index contributed by atoms with van der Waals surface area (Å²) in [5.74, 6) is 4.23. The van der Waals surface area contributed by atoms with Crippen molar-refractivity contribution in [3.05, 3.63) is 139 Å². The Bertz CT molecular complexity index is 1910. The molecule has 1 heterocycles. The summed E-state index contributed by atoms with van der Waals surface area (Å²) in [6.45, 7) is 21.1. The molecule has 5 aromatic carbocycles. The Balaban J connectivity index is 0.000000440. The number of nitrogens with one attached hydrogen (secondary N) is 1. The summed E-state index contributed by atoms with van der Waals surface area (Å²) in [5.41, 5.74) is 18.2. The molecule has 1 N–H and O–H groups in total. The fourth-order valence-electron chi connectivity index (χ4n) is 7.41. The van der Waals surface area contributed by atoms with Crippen LogP contribution in [0.1, 0.15) is 102 Å². The van der Waals surface area contributed by atoms with Crippen molar-refractivity contribution in [2.24, 2.45) is 0 Å². The van der Waals surface area contributed by atoms with Crippen molar-refractivity contribution < 1.29 is 34.6 Å². The molecule has 54 heavy (non-hydrogen) atoms. The Labute approximate surface area is 341 Å². The van der Waals surface area contributed by atoms with Gasteiger partial charge in [0.2, 0.25) is 5.85 Å². The molecule has 5 aromatic rings. The zero-order valence-electron chi connectivity index (χ0n) is 34.3. The van der Waals surface area contributed by atoms with E-state index < -0.39 is 7.92 Å². The van der Waals surface area contributed by atoms with Crippen LogP contribution in [0.15, 0.2) is 97.1 Å². The van der Waals surface area contributed by atoms with Crippen LogP contribution in [-0.2, 0) is 26.8 Å². The van der Waals surface area contributed by atoms with Gasteiger partial charge >= 0.3 is 0 Å². The van der Waals surface area contributed by atoms with Crippen LogP contribution < -0.4 is 19.5 Å². The maximum Gasteiger partial charge on any atom is 0.213 e. The molecule has 1 aliphatic heterocycles. The Morgan fingerprint density at radius 2 is 1.30 bits per heavy atom. The molecule has 6 heteroatoms. The Morgan fingerprint density at radius 1 is 0.741 bits per heavy atom. The van der Waals surface area contributed by atoms with Gasteiger partial charge in [-0.3, -0.25) is 0 Å². The summed E-state index contributed by atoms with van der Waals surface area (Å²) in [6.07, 6.45) is 0.933. The first kappa shape index (κ1) is 44.8. The van der Waals surface area contributed by atoms with Crippen LogP contribution in [0.4, 0.5) is 5.69 Å². The molecule has 0 aliphatic carbocycles. The van der Waals surface area contributed by atoms with Crippen molar-refractivity contribution in [2.45, 2.75) is 97.5 Å². The second kappa shape index (κ2) is 19.3. The fourth-order valence-corrected chi connectivity index (χ4v) is 11.0. The van der Waals surface area contributed by atoms with E-state index in [1.54, 1.807) is 20.3 Å². The van der Waals surface area contributed by atoms with Crippen LogP contribution in [0.25, 0.3) is 28.0 Å². The van der Waals surface area contributed by atoms with Gasteiger partial charge in [-0.2, -0.15) is 5.69 Å². The number of ether oxygens (including phenoxy) is 3. The predicted octanol–water partition coefficient (Wildman–Crippen LogP) is 13.6. The van der Waals surface area contributed by atoms with Gasteiger partial charge in [-0.05, 0) is 85.0 Å². The number of rotatable bonds is 9. The van der Waals surface area contributed by atoms with E-state index in [1.807, 2.05) is 60.7 Å². The van der Waals surface area contributed by atoms with Crippen molar-refractivity contribution in [1.82, 2.24) is 0 Å². The van der Waals surface area contributed by atoms with E-state index in [9.17, 15) is 0 Å². The Hall–Kier alpha value is -3.61. The maximum atomic E-state index is 7.69. The quantitative estimate of drug-likeness (QED) is 0.0844. The Kier molecular flexibility index (Phi) is 16.0. The normalized spacial score (nSPS) is 14.7. The summed E-state index contributed by atoms with van der Waals surface area (Å²) < 4.78 is 18.7. The first-order valence-corrected chi connectivity index (χ1v) is 20.2. The van der Waals surface area contributed by atoms with E-state index in [-0.39, 0.29) is 38.9 Å². The summed E-state index contributed by atoms with van der Waals surface area (Å²) >= 11 is 0. The van der Waals surface area contributed by atoms with Crippen LogP contribution in [0, 0.1) is 13.5 Å². The van der Waals surface area contributed by atoms with Crippen LogP contribution in [0.5, 0.6) is 17.2 Å². The molecule has 0 radical (unpaired) electrons. The second-order valence-corrected chi connectivity index (χ2v) is 19.1. The molecule has 0 aromatic heterocycles. The molecule has 0 saturated heterocycles. The molecule has 0 fully saturated rings. The van der Waals surface area contributed by atoms with Gasteiger partial charge in [0, 0.05) is 32.4 Å². The zero-order valence-corrected chi connectivity index (χ0v) is 36.8. The first-order valence-electron chi connectivity index (χ1n) is 18.6. The molecule has 1 aliphatic rings. The van der Waals surface area contributed by atoms with Crippen molar-refractivity contribution in [2.75, 3.05) is 14.2 Å². The average molecular weight is 836 g/mol. The van der Waals surface area contributed by atoms with Gasteiger partial charge < -0.3 is 27.4 Å². The minimum absolute atomic E-state index is 0. The first-order chi connectivity index (χ1) is 24.8. The summed E-state index contributed by atoms with van der Waals surface area (Å²) in [5, 5.41) is 1.44. The molecule has 1 unspecified atom stereocenters.